The first-order valence-electron chi connectivity index (χ1n) is 3.77. The van der Waals surface area contributed by atoms with Gasteiger partial charge in [0.25, 0.3) is 0 Å². The van der Waals surface area contributed by atoms with E-state index in [4.69, 9.17) is 11.6 Å². The first-order valence-corrected chi connectivity index (χ1v) is 4.94. The molecule has 0 fully saturated rings. The SMILES string of the molecule is Cc1nc(Br)nc2c(Cl)cccc12. The van der Waals surface area contributed by atoms with Crippen LogP contribution in [0.25, 0.3) is 10.9 Å². The fourth-order valence-corrected chi connectivity index (χ4v) is 1.90. The molecule has 2 aromatic rings. The van der Waals surface area contributed by atoms with Gasteiger partial charge in [0.05, 0.1) is 10.5 Å². The van der Waals surface area contributed by atoms with Crippen LogP contribution >= 0.6 is 27.5 Å². The molecule has 13 heavy (non-hydrogen) atoms. The van der Waals surface area contributed by atoms with Crippen molar-refractivity contribution in [3.05, 3.63) is 33.6 Å². The summed E-state index contributed by atoms with van der Waals surface area (Å²) in [6, 6.07) is 5.68. The molecule has 4 heteroatoms. The number of aryl methyl sites for hydroxylation is 1. The normalized spacial score (nSPS) is 10.7. The zero-order chi connectivity index (χ0) is 9.42. The van der Waals surface area contributed by atoms with Crippen LogP contribution in [0.5, 0.6) is 0 Å². The van der Waals surface area contributed by atoms with Gasteiger partial charge < -0.3 is 0 Å². The Hall–Kier alpha value is -0.670. The molecule has 0 aliphatic heterocycles. The van der Waals surface area contributed by atoms with Gasteiger partial charge in [-0.05, 0) is 28.9 Å². The highest BCUT2D eigenvalue weighted by Crippen LogP contribution is 2.24. The van der Waals surface area contributed by atoms with Gasteiger partial charge in [-0.2, -0.15) is 0 Å². The fourth-order valence-electron chi connectivity index (χ4n) is 1.24. The monoisotopic (exact) mass is 256 g/mol. The van der Waals surface area contributed by atoms with Gasteiger partial charge in [-0.15, -0.1) is 0 Å². The lowest BCUT2D eigenvalue weighted by Crippen LogP contribution is -1.90. The van der Waals surface area contributed by atoms with E-state index in [9.17, 15) is 0 Å². The van der Waals surface area contributed by atoms with E-state index in [0.29, 0.717) is 9.76 Å². The van der Waals surface area contributed by atoms with E-state index in [1.807, 2.05) is 25.1 Å². The fraction of sp³-hybridized carbons (Fsp3) is 0.111. The minimum Gasteiger partial charge on any atom is -0.227 e. The van der Waals surface area contributed by atoms with Crippen LogP contribution in [0.2, 0.25) is 5.02 Å². The molecule has 0 radical (unpaired) electrons. The molecule has 0 N–H and O–H groups in total. The molecule has 1 aromatic heterocycles. The van der Waals surface area contributed by atoms with Gasteiger partial charge >= 0.3 is 0 Å². The van der Waals surface area contributed by atoms with Crippen LogP contribution in [0.3, 0.4) is 0 Å². The van der Waals surface area contributed by atoms with Gasteiger partial charge in [-0.1, -0.05) is 23.7 Å². The minimum absolute atomic E-state index is 0.575. The van der Waals surface area contributed by atoms with E-state index >= 15 is 0 Å². The molecule has 0 unspecified atom stereocenters. The summed E-state index contributed by atoms with van der Waals surface area (Å²) in [5, 5.41) is 1.65. The smallest absolute Gasteiger partial charge is 0.197 e. The van der Waals surface area contributed by atoms with Crippen molar-refractivity contribution in [1.29, 1.82) is 0 Å². The average molecular weight is 258 g/mol. The lowest BCUT2D eigenvalue weighted by molar-refractivity contribution is 1.10. The summed E-state index contributed by atoms with van der Waals surface area (Å²) >= 11 is 9.23. The number of hydrogen-bond donors (Lipinski definition) is 0. The van der Waals surface area contributed by atoms with Gasteiger partial charge in [0.2, 0.25) is 0 Å². The molecule has 0 aliphatic rings. The van der Waals surface area contributed by atoms with Crippen molar-refractivity contribution in [2.75, 3.05) is 0 Å². The molecule has 0 atom stereocenters. The van der Waals surface area contributed by atoms with E-state index < -0.39 is 0 Å². The molecule has 0 saturated carbocycles. The van der Waals surface area contributed by atoms with Crippen LogP contribution in [0, 0.1) is 6.92 Å². The zero-order valence-electron chi connectivity index (χ0n) is 6.88. The molecule has 1 heterocycles. The summed E-state index contributed by atoms with van der Waals surface area (Å²) in [4.78, 5) is 8.40. The topological polar surface area (TPSA) is 25.8 Å². The maximum atomic E-state index is 5.99. The number of hydrogen-bond acceptors (Lipinski definition) is 2. The maximum Gasteiger partial charge on any atom is 0.197 e. The van der Waals surface area contributed by atoms with Crippen molar-refractivity contribution in [2.24, 2.45) is 0 Å². The first kappa shape index (κ1) is 8.91. The highest BCUT2D eigenvalue weighted by Gasteiger charge is 2.04. The molecule has 0 amide bonds. The van der Waals surface area contributed by atoms with Crippen molar-refractivity contribution in [3.63, 3.8) is 0 Å². The quantitative estimate of drug-likeness (QED) is 0.676. The summed E-state index contributed by atoms with van der Waals surface area (Å²) in [6.07, 6.45) is 0. The Morgan fingerprint density at radius 3 is 2.85 bits per heavy atom. The van der Waals surface area contributed by atoms with Crippen molar-refractivity contribution >= 4 is 38.4 Å². The zero-order valence-corrected chi connectivity index (χ0v) is 9.22. The molecule has 0 bridgehead atoms. The van der Waals surface area contributed by atoms with E-state index in [1.54, 1.807) is 0 Å². The van der Waals surface area contributed by atoms with Gasteiger partial charge in [-0.25, -0.2) is 9.97 Å². The minimum atomic E-state index is 0.575. The van der Waals surface area contributed by atoms with Crippen molar-refractivity contribution in [3.8, 4) is 0 Å². The number of nitrogens with zero attached hydrogens (tertiary/aromatic N) is 2. The third-order valence-corrected chi connectivity index (χ3v) is 2.50. The number of aromatic nitrogens is 2. The van der Waals surface area contributed by atoms with Gasteiger partial charge in [0, 0.05) is 11.1 Å². The van der Waals surface area contributed by atoms with Gasteiger partial charge in [0.1, 0.15) is 0 Å². The van der Waals surface area contributed by atoms with E-state index in [1.165, 1.54) is 0 Å². The third kappa shape index (κ3) is 1.54. The predicted octanol–water partition coefficient (Wildman–Crippen LogP) is 3.35. The Balaban J connectivity index is 2.94. The van der Waals surface area contributed by atoms with Crippen molar-refractivity contribution in [1.82, 2.24) is 9.97 Å². The Labute approximate surface area is 89.1 Å². The second-order valence-corrected chi connectivity index (χ2v) is 3.83. The molecule has 0 aliphatic carbocycles. The van der Waals surface area contributed by atoms with Crippen molar-refractivity contribution < 1.29 is 0 Å². The summed E-state index contributed by atoms with van der Waals surface area (Å²) in [7, 11) is 0. The Kier molecular flexibility index (Phi) is 2.22. The van der Waals surface area contributed by atoms with E-state index in [2.05, 4.69) is 25.9 Å². The highest BCUT2D eigenvalue weighted by atomic mass is 79.9. The Morgan fingerprint density at radius 1 is 1.31 bits per heavy atom. The lowest BCUT2D eigenvalue weighted by Gasteiger charge is -2.02. The standard InChI is InChI=1S/C9H6BrClN2/c1-5-6-3-2-4-7(11)8(6)13-9(10)12-5/h2-4H,1H3. The first-order chi connectivity index (χ1) is 6.18. The van der Waals surface area contributed by atoms with E-state index in [0.717, 1.165) is 16.6 Å². The number of benzene rings is 1. The van der Waals surface area contributed by atoms with Gasteiger partial charge in [0.15, 0.2) is 4.73 Å². The average Bonchev–Trinajstić information content (AvgIpc) is 2.07. The van der Waals surface area contributed by atoms with Crippen LogP contribution in [0.1, 0.15) is 5.69 Å². The summed E-state index contributed by atoms with van der Waals surface area (Å²) in [5.74, 6) is 0. The van der Waals surface area contributed by atoms with Gasteiger partial charge in [-0.3, -0.25) is 0 Å². The largest absolute Gasteiger partial charge is 0.227 e. The maximum absolute atomic E-state index is 5.99. The summed E-state index contributed by atoms with van der Waals surface area (Å²) < 4.78 is 0.575. The molecular formula is C9H6BrClN2. The van der Waals surface area contributed by atoms with Crippen LogP contribution in [0.4, 0.5) is 0 Å². The number of halogens is 2. The molecule has 0 spiro atoms. The molecular weight excluding hydrogens is 251 g/mol. The molecule has 1 aromatic carbocycles. The molecule has 66 valence electrons. The van der Waals surface area contributed by atoms with E-state index in [-0.39, 0.29) is 0 Å². The summed E-state index contributed by atoms with van der Waals surface area (Å²) in [5.41, 5.74) is 1.72. The van der Waals surface area contributed by atoms with Crippen LogP contribution in [-0.2, 0) is 0 Å². The molecule has 0 saturated heterocycles. The number of fused-ring (bicyclic) bond motifs is 1. The number of rotatable bonds is 0. The Morgan fingerprint density at radius 2 is 2.08 bits per heavy atom. The van der Waals surface area contributed by atoms with Crippen LogP contribution in [0.15, 0.2) is 22.9 Å². The highest BCUT2D eigenvalue weighted by molar-refractivity contribution is 9.10. The Bertz CT molecular complexity index is 470. The number of para-hydroxylation sites is 1. The molecule has 2 rings (SSSR count). The summed E-state index contributed by atoms with van der Waals surface area (Å²) in [6.45, 7) is 1.94. The van der Waals surface area contributed by atoms with Crippen LogP contribution in [-0.4, -0.2) is 9.97 Å². The predicted molar refractivity (Wildman–Crippen MR) is 57.0 cm³/mol. The lowest BCUT2D eigenvalue weighted by atomic mass is 10.2. The molecule has 2 nitrogen and oxygen atoms in total. The second-order valence-electron chi connectivity index (χ2n) is 2.71. The third-order valence-electron chi connectivity index (χ3n) is 1.84. The van der Waals surface area contributed by atoms with Crippen molar-refractivity contribution in [2.45, 2.75) is 6.92 Å². The van der Waals surface area contributed by atoms with Crippen LogP contribution < -0.4 is 0 Å². The second kappa shape index (κ2) is 3.24.